The molecule has 2 rings (SSSR count). The molecule has 2 aliphatic rings. The largest absolute Gasteiger partial charge is 0.326 e. The van der Waals surface area contributed by atoms with Gasteiger partial charge in [0.1, 0.15) is 0 Å². The van der Waals surface area contributed by atoms with Gasteiger partial charge in [-0.1, -0.05) is 6.92 Å². The van der Waals surface area contributed by atoms with Crippen LogP contribution in [0.15, 0.2) is 0 Å². The summed E-state index contributed by atoms with van der Waals surface area (Å²) in [6.07, 6.45) is 7.92. The van der Waals surface area contributed by atoms with E-state index < -0.39 is 0 Å². The fraction of sp³-hybridized carbons (Fsp3) is 0.923. The van der Waals surface area contributed by atoms with Crippen LogP contribution in [0.4, 0.5) is 0 Å². The summed E-state index contributed by atoms with van der Waals surface area (Å²) in [6.45, 7) is 10.2. The van der Waals surface area contributed by atoms with Crippen LogP contribution in [0.1, 0.15) is 32.6 Å². The van der Waals surface area contributed by atoms with Gasteiger partial charge >= 0.3 is 0 Å². The summed E-state index contributed by atoms with van der Waals surface area (Å²) < 4.78 is 0. The Hall–Kier alpha value is 1.02. The van der Waals surface area contributed by atoms with E-state index in [0.717, 1.165) is 5.92 Å². The zero-order valence-corrected chi connectivity index (χ0v) is 13.5. The Kier molecular flexibility index (Phi) is 7.71. The van der Waals surface area contributed by atoms with Crippen LogP contribution >= 0.6 is 0 Å². The topological polar surface area (TPSA) is 6.48 Å². The first-order chi connectivity index (χ1) is 7.38. The Morgan fingerprint density at radius 1 is 1.00 bits per heavy atom. The van der Waals surface area contributed by atoms with Gasteiger partial charge in [0.05, 0.1) is 0 Å². The molecule has 0 spiro atoms. The number of hydrogen-bond acceptors (Lipinski definition) is 2. The predicted octanol–water partition coefficient (Wildman–Crippen LogP) is 2.02. The minimum Gasteiger partial charge on any atom is -0.326 e. The Balaban J connectivity index is 0.00000128. The van der Waals surface area contributed by atoms with Gasteiger partial charge in [0.25, 0.3) is 0 Å². The van der Waals surface area contributed by atoms with Crippen LogP contribution in [0.25, 0.3) is 0 Å². The summed E-state index contributed by atoms with van der Waals surface area (Å²) in [5.74, 6) is 0.978. The van der Waals surface area contributed by atoms with Gasteiger partial charge in [-0.2, -0.15) is 12.8 Å². The molecule has 0 aliphatic carbocycles. The van der Waals surface area contributed by atoms with Crippen LogP contribution in [0.3, 0.4) is 0 Å². The maximum Gasteiger partial charge on any atom is 0.000849 e. The molecule has 0 aromatic heterocycles. The van der Waals surface area contributed by atoms with E-state index in [4.69, 9.17) is 0 Å². The van der Waals surface area contributed by atoms with Crippen molar-refractivity contribution in [1.82, 2.24) is 9.80 Å². The van der Waals surface area contributed by atoms with Crippen molar-refractivity contribution in [3.63, 3.8) is 0 Å². The van der Waals surface area contributed by atoms with E-state index in [1.165, 1.54) is 65.0 Å². The van der Waals surface area contributed by atoms with Gasteiger partial charge in [-0.05, 0) is 51.5 Å². The van der Waals surface area contributed by atoms with E-state index in [-0.39, 0.29) is 32.7 Å². The number of rotatable bonds is 3. The van der Waals surface area contributed by atoms with E-state index in [0.29, 0.717) is 0 Å². The molecule has 0 atom stereocenters. The standard InChI is InChI=1S/C13H25N2.Y/c1-2-14-10-6-13(7-11-14)12-15-8-4-3-5-9-15;/h3,13H,2,4-12H2,1H3;/q-1;. The van der Waals surface area contributed by atoms with Gasteiger partial charge < -0.3 is 16.2 Å². The first-order valence-electron chi connectivity index (χ1n) is 6.65. The van der Waals surface area contributed by atoms with Gasteiger partial charge in [0.2, 0.25) is 0 Å². The third kappa shape index (κ3) is 4.72. The minimum absolute atomic E-state index is 0. The Bertz CT molecular complexity index is 173. The number of hydrogen-bond donors (Lipinski definition) is 0. The van der Waals surface area contributed by atoms with Crippen LogP contribution in [-0.4, -0.2) is 49.1 Å². The first-order valence-corrected chi connectivity index (χ1v) is 6.65. The van der Waals surface area contributed by atoms with E-state index in [9.17, 15) is 0 Å². The molecule has 2 saturated heterocycles. The first kappa shape index (κ1) is 15.1. The van der Waals surface area contributed by atoms with Crippen molar-refractivity contribution in [1.29, 1.82) is 0 Å². The fourth-order valence-electron chi connectivity index (χ4n) is 2.84. The monoisotopic (exact) mass is 298 g/mol. The molecule has 3 heteroatoms. The van der Waals surface area contributed by atoms with Gasteiger partial charge in [0.15, 0.2) is 0 Å². The average molecular weight is 298 g/mol. The molecule has 16 heavy (non-hydrogen) atoms. The maximum absolute atomic E-state index is 2.67. The fourth-order valence-corrected chi connectivity index (χ4v) is 2.84. The molecule has 2 heterocycles. The average Bonchev–Trinajstić information content (AvgIpc) is 2.31. The molecule has 2 fully saturated rings. The Morgan fingerprint density at radius 2 is 1.62 bits per heavy atom. The molecule has 0 amide bonds. The molecule has 2 aliphatic heterocycles. The molecule has 0 saturated carbocycles. The number of likely N-dealkylation sites (tertiary alicyclic amines) is 2. The quantitative estimate of drug-likeness (QED) is 0.736. The van der Waals surface area contributed by atoms with Crippen molar-refractivity contribution >= 4 is 0 Å². The van der Waals surface area contributed by atoms with Crippen molar-refractivity contribution in [2.75, 3.05) is 39.3 Å². The van der Waals surface area contributed by atoms with Crippen molar-refractivity contribution in [2.24, 2.45) is 5.92 Å². The summed E-state index contributed by atoms with van der Waals surface area (Å²) in [4.78, 5) is 5.26. The van der Waals surface area contributed by atoms with Crippen molar-refractivity contribution in [3.05, 3.63) is 6.42 Å². The number of piperidine rings is 2. The van der Waals surface area contributed by atoms with E-state index in [2.05, 4.69) is 23.1 Å². The van der Waals surface area contributed by atoms with E-state index >= 15 is 0 Å². The molecule has 91 valence electrons. The SMILES string of the molecule is CCN1CCC(CN2CC[CH-]CC2)CC1.[Y]. The smallest absolute Gasteiger partial charge is 0.000849 e. The van der Waals surface area contributed by atoms with Crippen LogP contribution in [0, 0.1) is 12.3 Å². The summed E-state index contributed by atoms with van der Waals surface area (Å²) in [5.41, 5.74) is 0. The van der Waals surface area contributed by atoms with E-state index in [1.807, 2.05) is 0 Å². The molecular formula is C13H25N2Y-. The third-order valence-electron chi connectivity index (χ3n) is 3.97. The van der Waals surface area contributed by atoms with Gasteiger partial charge in [-0.15, -0.1) is 0 Å². The maximum atomic E-state index is 2.67. The molecule has 1 radical (unpaired) electrons. The summed E-state index contributed by atoms with van der Waals surface area (Å²) in [6, 6.07) is 0. The van der Waals surface area contributed by atoms with Crippen LogP contribution < -0.4 is 0 Å². The zero-order chi connectivity index (χ0) is 10.5. The van der Waals surface area contributed by atoms with Crippen LogP contribution in [0.2, 0.25) is 0 Å². The summed E-state index contributed by atoms with van der Waals surface area (Å²) >= 11 is 0. The molecule has 0 N–H and O–H groups in total. The molecule has 0 bridgehead atoms. The Morgan fingerprint density at radius 3 is 2.19 bits per heavy atom. The van der Waals surface area contributed by atoms with Crippen LogP contribution in [-0.2, 0) is 32.7 Å². The molecular weight excluding hydrogens is 273 g/mol. The van der Waals surface area contributed by atoms with Gasteiger partial charge in [-0.3, -0.25) is 0 Å². The normalized spacial score (nSPS) is 25.3. The summed E-state index contributed by atoms with van der Waals surface area (Å²) in [5, 5.41) is 0. The summed E-state index contributed by atoms with van der Waals surface area (Å²) in [7, 11) is 0. The van der Waals surface area contributed by atoms with Gasteiger partial charge in [0, 0.05) is 39.3 Å². The predicted molar refractivity (Wildman–Crippen MR) is 64.8 cm³/mol. The molecule has 0 aromatic rings. The third-order valence-corrected chi connectivity index (χ3v) is 3.97. The zero-order valence-electron chi connectivity index (χ0n) is 10.7. The molecule has 0 unspecified atom stereocenters. The van der Waals surface area contributed by atoms with Gasteiger partial charge in [-0.25, -0.2) is 0 Å². The minimum atomic E-state index is 0. The van der Waals surface area contributed by atoms with Crippen molar-refractivity contribution < 1.29 is 32.7 Å². The second-order valence-electron chi connectivity index (χ2n) is 5.04. The van der Waals surface area contributed by atoms with E-state index in [1.54, 1.807) is 0 Å². The second-order valence-corrected chi connectivity index (χ2v) is 5.04. The molecule has 0 aromatic carbocycles. The molecule has 2 nitrogen and oxygen atoms in total. The van der Waals surface area contributed by atoms with Crippen molar-refractivity contribution in [3.8, 4) is 0 Å². The number of nitrogens with zero attached hydrogens (tertiary/aromatic N) is 2. The van der Waals surface area contributed by atoms with Crippen LogP contribution in [0.5, 0.6) is 0 Å². The Labute approximate surface area is 126 Å². The van der Waals surface area contributed by atoms with Crippen molar-refractivity contribution in [2.45, 2.75) is 32.6 Å². The second kappa shape index (κ2) is 8.18.